The summed E-state index contributed by atoms with van der Waals surface area (Å²) in [6.45, 7) is 15.5. The molecule has 3 rings (SSSR count). The van der Waals surface area contributed by atoms with E-state index < -0.39 is 0 Å². The predicted molar refractivity (Wildman–Crippen MR) is 119 cm³/mol. The highest BCUT2D eigenvalue weighted by molar-refractivity contribution is 5.96. The summed E-state index contributed by atoms with van der Waals surface area (Å²) in [7, 11) is 0. The number of anilines is 1. The second kappa shape index (κ2) is 7.89. The third-order valence-corrected chi connectivity index (χ3v) is 5.44. The van der Waals surface area contributed by atoms with Gasteiger partial charge in [-0.3, -0.25) is 9.59 Å². The van der Waals surface area contributed by atoms with Crippen LogP contribution in [0.25, 0.3) is 0 Å². The molecule has 0 saturated carbocycles. The van der Waals surface area contributed by atoms with E-state index in [4.69, 9.17) is 5.10 Å². The number of amides is 2. The zero-order valence-electron chi connectivity index (χ0n) is 19.2. The van der Waals surface area contributed by atoms with Gasteiger partial charge in [0, 0.05) is 31.0 Å². The van der Waals surface area contributed by atoms with Crippen LogP contribution in [0.1, 0.15) is 64.8 Å². The molecule has 0 radical (unpaired) electrons. The molecule has 2 aromatic rings. The van der Waals surface area contributed by atoms with Crippen LogP contribution in [0.4, 0.5) is 5.82 Å². The van der Waals surface area contributed by atoms with Crippen LogP contribution in [0.15, 0.2) is 30.3 Å². The Morgan fingerprint density at radius 1 is 1.13 bits per heavy atom. The number of carbonyl (C=O) groups excluding carboxylic acids is 2. The second-order valence-electron chi connectivity index (χ2n) is 10.4. The Morgan fingerprint density at radius 2 is 1.77 bits per heavy atom. The first-order valence-corrected chi connectivity index (χ1v) is 10.6. The van der Waals surface area contributed by atoms with Crippen LogP contribution in [-0.2, 0) is 27.1 Å². The lowest BCUT2D eigenvalue weighted by molar-refractivity contribution is -0.128. The van der Waals surface area contributed by atoms with E-state index in [-0.39, 0.29) is 35.1 Å². The van der Waals surface area contributed by atoms with Crippen LogP contribution >= 0.6 is 0 Å². The summed E-state index contributed by atoms with van der Waals surface area (Å²) in [4.78, 5) is 27.3. The van der Waals surface area contributed by atoms with E-state index in [0.29, 0.717) is 18.9 Å². The number of likely N-dealkylation sites (tertiary alicyclic amines) is 1. The molecule has 1 N–H and O–H groups in total. The minimum Gasteiger partial charge on any atom is -0.338 e. The van der Waals surface area contributed by atoms with Gasteiger partial charge >= 0.3 is 0 Å². The lowest BCUT2D eigenvalue weighted by atomic mass is 9.92. The molecule has 1 atom stereocenters. The van der Waals surface area contributed by atoms with Gasteiger partial charge in [-0.25, -0.2) is 4.68 Å². The first kappa shape index (κ1) is 22.1. The molecule has 1 saturated heterocycles. The highest BCUT2D eigenvalue weighted by Gasteiger charge is 2.35. The maximum atomic E-state index is 13.0. The van der Waals surface area contributed by atoms with E-state index in [0.717, 1.165) is 11.3 Å². The molecule has 1 aromatic carbocycles. The molecule has 0 aliphatic carbocycles. The molecule has 30 heavy (non-hydrogen) atoms. The van der Waals surface area contributed by atoms with Crippen molar-refractivity contribution in [1.82, 2.24) is 14.7 Å². The molecular formula is C24H34N4O2. The van der Waals surface area contributed by atoms with Gasteiger partial charge < -0.3 is 10.2 Å². The minimum atomic E-state index is -0.357. The fourth-order valence-corrected chi connectivity index (χ4v) is 3.59. The number of benzene rings is 1. The number of nitrogens with zero attached hydrogens (tertiary/aromatic N) is 3. The van der Waals surface area contributed by atoms with E-state index in [1.54, 1.807) is 4.90 Å². The summed E-state index contributed by atoms with van der Waals surface area (Å²) in [5.74, 6) is 0.224. The van der Waals surface area contributed by atoms with Crippen molar-refractivity contribution < 1.29 is 9.59 Å². The van der Waals surface area contributed by atoms with Crippen LogP contribution in [0.2, 0.25) is 0 Å². The number of hydrogen-bond donors (Lipinski definition) is 1. The van der Waals surface area contributed by atoms with Gasteiger partial charge in [0.05, 0.1) is 17.2 Å². The fourth-order valence-electron chi connectivity index (χ4n) is 3.59. The maximum absolute atomic E-state index is 13.0. The molecule has 2 heterocycles. The van der Waals surface area contributed by atoms with Gasteiger partial charge in [0.1, 0.15) is 5.82 Å². The van der Waals surface area contributed by atoms with Crippen molar-refractivity contribution in [3.63, 3.8) is 0 Å². The van der Waals surface area contributed by atoms with Crippen LogP contribution in [0.3, 0.4) is 0 Å². The van der Waals surface area contributed by atoms with Crippen molar-refractivity contribution in [2.45, 2.75) is 72.4 Å². The van der Waals surface area contributed by atoms with Crippen LogP contribution in [0, 0.1) is 12.8 Å². The smallest absolute Gasteiger partial charge is 0.230 e. The number of aryl methyl sites for hydroxylation is 1. The molecule has 0 bridgehead atoms. The first-order chi connectivity index (χ1) is 13.8. The molecule has 6 heteroatoms. The fraction of sp³-hybridized carbons (Fsp3) is 0.542. The zero-order chi connectivity index (χ0) is 22.3. The summed E-state index contributed by atoms with van der Waals surface area (Å²) >= 11 is 0. The Balaban J connectivity index is 1.73. The monoisotopic (exact) mass is 410 g/mol. The molecule has 1 aromatic heterocycles. The maximum Gasteiger partial charge on any atom is 0.230 e. The molecule has 1 aliphatic rings. The highest BCUT2D eigenvalue weighted by Crippen LogP contribution is 2.29. The van der Waals surface area contributed by atoms with E-state index >= 15 is 0 Å². The van der Waals surface area contributed by atoms with Gasteiger partial charge in [0.15, 0.2) is 0 Å². The highest BCUT2D eigenvalue weighted by atomic mass is 16.2. The second-order valence-corrected chi connectivity index (χ2v) is 10.4. The van der Waals surface area contributed by atoms with E-state index in [2.05, 4.69) is 46.9 Å². The molecule has 1 aliphatic heterocycles. The topological polar surface area (TPSA) is 67.2 Å². The third-order valence-electron chi connectivity index (χ3n) is 5.44. The molecule has 1 unspecified atom stereocenters. The predicted octanol–water partition coefficient (Wildman–Crippen LogP) is 4.23. The minimum absolute atomic E-state index is 0.0236. The van der Waals surface area contributed by atoms with Crippen molar-refractivity contribution >= 4 is 17.6 Å². The van der Waals surface area contributed by atoms with Crippen molar-refractivity contribution in [2.24, 2.45) is 5.92 Å². The summed E-state index contributed by atoms with van der Waals surface area (Å²) in [6.07, 6.45) is 0.244. The normalized spacial score (nSPS) is 17.5. The average molecular weight is 411 g/mol. The number of nitrogens with one attached hydrogen (secondary N) is 1. The molecule has 6 nitrogen and oxygen atoms in total. The zero-order valence-corrected chi connectivity index (χ0v) is 19.2. The van der Waals surface area contributed by atoms with E-state index in [1.807, 2.05) is 41.9 Å². The third kappa shape index (κ3) is 4.91. The lowest BCUT2D eigenvalue weighted by Gasteiger charge is -2.23. The molecular weight excluding hydrogens is 376 g/mol. The largest absolute Gasteiger partial charge is 0.338 e. The number of carbonyl (C=O) groups is 2. The molecule has 0 spiro atoms. The standard InChI is InChI=1S/C24H34N4O2/c1-16-8-10-17(11-9-16)14-27-15-18(12-21(27)29)22(30)25-20-13-19(23(2,3)4)26-28(20)24(5,6)7/h8-11,13,18H,12,14-15H2,1-7H3,(H,25,30). The van der Waals surface area contributed by atoms with Crippen molar-refractivity contribution in [2.75, 3.05) is 11.9 Å². The Labute approximate surface area is 179 Å². The SMILES string of the molecule is Cc1ccc(CN2CC(C(=O)Nc3cc(C(C)(C)C)nn3C(C)(C)C)CC2=O)cc1. The van der Waals surface area contributed by atoms with Gasteiger partial charge in [-0.15, -0.1) is 0 Å². The quantitative estimate of drug-likeness (QED) is 0.820. The summed E-state index contributed by atoms with van der Waals surface area (Å²) in [5.41, 5.74) is 2.81. The van der Waals surface area contributed by atoms with Crippen molar-refractivity contribution in [1.29, 1.82) is 0 Å². The Morgan fingerprint density at radius 3 is 2.33 bits per heavy atom. The van der Waals surface area contributed by atoms with Crippen LogP contribution in [-0.4, -0.2) is 33.0 Å². The Bertz CT molecular complexity index is 930. The van der Waals surface area contributed by atoms with Crippen molar-refractivity contribution in [3.8, 4) is 0 Å². The van der Waals surface area contributed by atoms with Gasteiger partial charge in [0.25, 0.3) is 0 Å². The van der Waals surface area contributed by atoms with Gasteiger partial charge in [-0.05, 0) is 33.3 Å². The number of aromatic nitrogens is 2. The van der Waals surface area contributed by atoms with Crippen LogP contribution in [0.5, 0.6) is 0 Å². The number of hydrogen-bond acceptors (Lipinski definition) is 3. The molecule has 162 valence electrons. The van der Waals surface area contributed by atoms with Gasteiger partial charge in [-0.2, -0.15) is 5.10 Å². The first-order valence-electron chi connectivity index (χ1n) is 10.6. The Hall–Kier alpha value is -2.63. The Kier molecular flexibility index (Phi) is 5.81. The van der Waals surface area contributed by atoms with Crippen molar-refractivity contribution in [3.05, 3.63) is 47.2 Å². The lowest BCUT2D eigenvalue weighted by Crippen LogP contribution is -2.31. The summed E-state index contributed by atoms with van der Waals surface area (Å²) < 4.78 is 1.87. The van der Waals surface area contributed by atoms with Crippen LogP contribution < -0.4 is 5.32 Å². The summed E-state index contributed by atoms with van der Waals surface area (Å²) in [6, 6.07) is 10.1. The van der Waals surface area contributed by atoms with Gasteiger partial charge in [-0.1, -0.05) is 50.6 Å². The molecule has 1 fully saturated rings. The molecule has 2 amide bonds. The van der Waals surface area contributed by atoms with Gasteiger partial charge in [0.2, 0.25) is 11.8 Å². The average Bonchev–Trinajstić information content (AvgIpc) is 3.21. The number of rotatable bonds is 4. The van der Waals surface area contributed by atoms with E-state index in [9.17, 15) is 9.59 Å². The summed E-state index contributed by atoms with van der Waals surface area (Å²) in [5, 5.41) is 7.80. The van der Waals surface area contributed by atoms with E-state index in [1.165, 1.54) is 5.56 Å².